The molecule has 0 saturated carbocycles. The van der Waals surface area contributed by atoms with E-state index in [1.54, 1.807) is 14.2 Å². The molecular weight excluding hydrogens is 773 g/mol. The number of benzene rings is 4. The molecule has 3 aliphatic rings. The lowest BCUT2D eigenvalue weighted by molar-refractivity contribution is 0.269. The summed E-state index contributed by atoms with van der Waals surface area (Å²) in [5.41, 5.74) is 3.95. The molecule has 0 amide bonds. The predicted molar refractivity (Wildman–Crippen MR) is 242 cm³/mol. The zero-order chi connectivity index (χ0) is 41.8. The van der Waals surface area contributed by atoms with Crippen LogP contribution in [0.1, 0.15) is 41.5 Å². The molecule has 3 saturated heterocycles. The van der Waals surface area contributed by atoms with Gasteiger partial charge in [-0.2, -0.15) is 0 Å². The van der Waals surface area contributed by atoms with Gasteiger partial charge in [-0.3, -0.25) is 13.7 Å². The molecule has 4 aromatic rings. The maximum absolute atomic E-state index is 13.4. The minimum atomic E-state index is -2.67. The minimum absolute atomic E-state index is 0.00965. The number of ether oxygens (including phenoxy) is 2. The third-order valence-corrected chi connectivity index (χ3v) is 19.4. The summed E-state index contributed by atoms with van der Waals surface area (Å²) in [7, 11) is -4.27. The van der Waals surface area contributed by atoms with Gasteiger partial charge in [0.2, 0.25) is 7.44 Å². The van der Waals surface area contributed by atoms with E-state index in [1.807, 2.05) is 148 Å². The van der Waals surface area contributed by atoms with Crippen molar-refractivity contribution in [2.24, 2.45) is 0 Å². The Balaban J connectivity index is 0.000000167. The van der Waals surface area contributed by atoms with Gasteiger partial charge in [0.1, 0.15) is 11.5 Å². The maximum Gasteiger partial charge on any atom is 0.260 e. The van der Waals surface area contributed by atoms with Crippen LogP contribution in [-0.4, -0.2) is 93.9 Å². The average molecular weight is 837 g/mol. The molecule has 4 aromatic carbocycles. The van der Waals surface area contributed by atoms with Gasteiger partial charge in [0.05, 0.1) is 14.2 Å². The summed E-state index contributed by atoms with van der Waals surface area (Å²) in [5.74, 6) is 1.59. The molecule has 0 N–H and O–H groups in total. The average Bonchev–Trinajstić information content (AvgIpc) is 3.80. The third-order valence-electron chi connectivity index (χ3n) is 10.7. The monoisotopic (exact) mass is 836 g/mol. The summed E-state index contributed by atoms with van der Waals surface area (Å²) in [4.78, 5) is 0. The highest BCUT2D eigenvalue weighted by atomic mass is 31.2. The zero-order valence-electron chi connectivity index (χ0n) is 35.7. The molecule has 14 heteroatoms. The van der Waals surface area contributed by atoms with Crippen molar-refractivity contribution in [2.45, 2.75) is 52.6 Å². The molecule has 7 rings (SSSR count). The van der Waals surface area contributed by atoms with E-state index in [-0.39, 0.29) is 11.1 Å². The zero-order valence-corrected chi connectivity index (χ0v) is 38.4. The van der Waals surface area contributed by atoms with Crippen LogP contribution in [0.5, 0.6) is 11.5 Å². The Labute approximate surface area is 342 Å². The van der Waals surface area contributed by atoms with Crippen molar-refractivity contribution in [3.05, 3.63) is 109 Å². The molecule has 57 heavy (non-hydrogen) atoms. The highest BCUT2D eigenvalue weighted by Crippen LogP contribution is 2.60. The Morgan fingerprint density at radius 3 is 0.895 bits per heavy atom. The van der Waals surface area contributed by atoms with E-state index in [2.05, 4.69) is 50.9 Å². The number of anilines is 4. The Morgan fingerprint density at radius 1 is 0.404 bits per heavy atom. The Hall–Kier alpha value is -3.71. The van der Waals surface area contributed by atoms with E-state index >= 15 is 0 Å². The molecule has 3 aliphatic heterocycles. The molecule has 0 unspecified atom stereocenters. The molecule has 0 aliphatic carbocycles. The van der Waals surface area contributed by atoms with Crippen molar-refractivity contribution in [1.82, 2.24) is 9.34 Å². The van der Waals surface area contributed by atoms with Crippen molar-refractivity contribution in [1.29, 1.82) is 0 Å². The van der Waals surface area contributed by atoms with E-state index in [1.165, 1.54) is 0 Å². The number of hydrogen-bond acceptors (Lipinski definition) is 5. The Morgan fingerprint density at radius 2 is 0.667 bits per heavy atom. The topological polar surface area (TPSA) is 89.1 Å². The van der Waals surface area contributed by atoms with Gasteiger partial charge < -0.3 is 28.2 Å². The van der Waals surface area contributed by atoms with Gasteiger partial charge >= 0.3 is 0 Å². The molecule has 11 nitrogen and oxygen atoms in total. The van der Waals surface area contributed by atoms with Crippen LogP contribution < -0.4 is 28.2 Å². The summed E-state index contributed by atoms with van der Waals surface area (Å²) in [6.07, 6.45) is 0. The molecule has 0 aromatic heterocycles. The van der Waals surface area contributed by atoms with Crippen molar-refractivity contribution < 1.29 is 23.2 Å². The van der Waals surface area contributed by atoms with Crippen LogP contribution in [0.3, 0.4) is 0 Å². The lowest BCUT2D eigenvalue weighted by atomic mass is 10.1. The van der Waals surface area contributed by atoms with Crippen LogP contribution in [0.2, 0.25) is 0 Å². The van der Waals surface area contributed by atoms with E-state index in [0.717, 1.165) is 73.5 Å². The molecule has 310 valence electrons. The molecule has 0 atom stereocenters. The fraction of sp³-hybridized carbons (Fsp3) is 0.442. The number of rotatable bonds is 6. The van der Waals surface area contributed by atoms with E-state index in [0.29, 0.717) is 0 Å². The molecule has 0 radical (unpaired) electrons. The van der Waals surface area contributed by atoms with Crippen molar-refractivity contribution >= 4 is 45.1 Å². The molecule has 0 spiro atoms. The summed E-state index contributed by atoms with van der Waals surface area (Å²) >= 11 is 0. The van der Waals surface area contributed by atoms with Crippen LogP contribution in [0, 0.1) is 0 Å². The van der Waals surface area contributed by atoms with Crippen LogP contribution in [-0.2, 0) is 13.7 Å². The first kappa shape index (κ1) is 44.4. The summed E-state index contributed by atoms with van der Waals surface area (Å²) in [5, 5.41) is 0. The molecular formula is C43H63N6O5P3. The highest BCUT2D eigenvalue weighted by molar-refractivity contribution is 7.67. The first-order chi connectivity index (χ1) is 26.7. The van der Waals surface area contributed by atoms with Crippen LogP contribution >= 0.6 is 22.3 Å². The Kier molecular flexibility index (Phi) is 13.7. The normalized spacial score (nSPS) is 19.1. The number of nitrogens with zero attached hydrogens (tertiary/aromatic N) is 6. The van der Waals surface area contributed by atoms with Gasteiger partial charge in [0, 0.05) is 93.1 Å². The predicted octanol–water partition coefficient (Wildman–Crippen LogP) is 10.7. The SMILES string of the molecule is CC(C)(C)N1CCN(C(C)(C)C)P1(C)=O.COc1ccc(N2CCN(c3ccc(OC)cc3)P2(C)=O)cc1.CP1(=O)N(c2ccccc2)CCN1c1ccccc1. The van der Waals surface area contributed by atoms with Crippen LogP contribution in [0.25, 0.3) is 0 Å². The summed E-state index contributed by atoms with van der Waals surface area (Å²) in [6.45, 7) is 23.2. The second kappa shape index (κ2) is 17.6. The van der Waals surface area contributed by atoms with E-state index in [4.69, 9.17) is 9.47 Å². The number of hydrogen-bond donors (Lipinski definition) is 0. The van der Waals surface area contributed by atoms with Crippen molar-refractivity contribution in [3.8, 4) is 11.5 Å². The Bertz CT molecular complexity index is 1920. The van der Waals surface area contributed by atoms with Crippen LogP contribution in [0.15, 0.2) is 109 Å². The fourth-order valence-corrected chi connectivity index (χ4v) is 16.0. The molecule has 0 bridgehead atoms. The third kappa shape index (κ3) is 9.95. The summed E-state index contributed by atoms with van der Waals surface area (Å²) < 4.78 is 62.0. The first-order valence-electron chi connectivity index (χ1n) is 19.5. The smallest absolute Gasteiger partial charge is 0.260 e. The second-order valence-electron chi connectivity index (χ2n) is 16.7. The van der Waals surface area contributed by atoms with Gasteiger partial charge in [0.25, 0.3) is 14.9 Å². The maximum atomic E-state index is 13.4. The van der Waals surface area contributed by atoms with Gasteiger partial charge in [0.15, 0.2) is 0 Å². The fourth-order valence-electron chi connectivity index (χ4n) is 7.94. The lowest BCUT2D eigenvalue weighted by Crippen LogP contribution is -2.39. The van der Waals surface area contributed by atoms with Gasteiger partial charge in [-0.1, -0.05) is 36.4 Å². The number of para-hydroxylation sites is 2. The van der Waals surface area contributed by atoms with Crippen LogP contribution in [0.4, 0.5) is 22.7 Å². The quantitative estimate of drug-likeness (QED) is 0.174. The molecule has 3 fully saturated rings. The highest BCUT2D eigenvalue weighted by Gasteiger charge is 2.48. The van der Waals surface area contributed by atoms with E-state index < -0.39 is 22.3 Å². The largest absolute Gasteiger partial charge is 0.497 e. The van der Waals surface area contributed by atoms with Gasteiger partial charge in [-0.15, -0.1) is 0 Å². The standard InChI is InChI=1S/C17H21N2O3P.C15H17N2OP.C11H25N2OP/c1-21-16-8-4-14(5-9-16)18-12-13-19(23(18,3)20)15-6-10-17(22-2)11-7-15;1-19(18)16(14-8-4-2-5-9-14)12-13-17(19)15-10-6-3-7-11-15;1-10(2,3)12-8-9-13(11(4,5)6)15(12,7)14/h4-11H,12-13H2,1-3H3;2-11H,12-13H2,1H3;8-9H2,1-7H3. The van der Waals surface area contributed by atoms with Gasteiger partial charge in [-0.25, -0.2) is 9.34 Å². The minimum Gasteiger partial charge on any atom is -0.497 e. The lowest BCUT2D eigenvalue weighted by Gasteiger charge is -2.40. The molecule has 3 heterocycles. The van der Waals surface area contributed by atoms with Gasteiger partial charge in [-0.05, 0) is 114 Å². The summed E-state index contributed by atoms with van der Waals surface area (Å²) in [6, 6.07) is 35.4. The second-order valence-corrected chi connectivity index (χ2v) is 24.6. The van der Waals surface area contributed by atoms with Crippen molar-refractivity contribution in [3.63, 3.8) is 0 Å². The first-order valence-corrected chi connectivity index (χ1v) is 25.7. The number of methoxy groups -OCH3 is 2. The van der Waals surface area contributed by atoms with Crippen molar-refractivity contribution in [2.75, 3.05) is 92.2 Å². The van der Waals surface area contributed by atoms with E-state index in [9.17, 15) is 13.7 Å².